The molecule has 6 rings (SSSR count). The molecule has 2 aromatic rings. The van der Waals surface area contributed by atoms with Gasteiger partial charge in [-0.05, 0) is 86.3 Å². The van der Waals surface area contributed by atoms with Crippen molar-refractivity contribution in [3.05, 3.63) is 83.1 Å². The van der Waals surface area contributed by atoms with Crippen molar-refractivity contribution in [3.63, 3.8) is 0 Å². The van der Waals surface area contributed by atoms with E-state index in [4.69, 9.17) is 5.73 Å². The molecule has 6 amide bonds. The van der Waals surface area contributed by atoms with Crippen LogP contribution in [0.4, 0.5) is 0 Å². The Kier molecular flexibility index (Phi) is 38.9. The first-order valence-corrected chi connectivity index (χ1v) is 38.6. The van der Waals surface area contributed by atoms with E-state index in [1.165, 1.54) is 40.2 Å². The molecular formula is C71H104LuN10O17S3. The van der Waals surface area contributed by atoms with Crippen molar-refractivity contribution in [2.75, 3.05) is 109 Å². The molecular weight excluding hydrogens is 1540 g/mol. The number of ketones is 3. The van der Waals surface area contributed by atoms with Crippen LogP contribution >= 0.6 is 35.3 Å². The number of aliphatic carboxylic acids is 3. The second-order valence-corrected chi connectivity index (χ2v) is 30.0. The van der Waals surface area contributed by atoms with Gasteiger partial charge in [0.15, 0.2) is 5.78 Å². The summed E-state index contributed by atoms with van der Waals surface area (Å²) in [5.74, 6) is -8.40. The number of aliphatic hydroxyl groups excluding tert-OH is 2. The van der Waals surface area contributed by atoms with E-state index in [-0.39, 0.29) is 149 Å². The van der Waals surface area contributed by atoms with E-state index in [2.05, 4.69) is 28.6 Å². The fraction of sp³-hybridized carbons (Fsp3) is 0.634. The smallest absolute Gasteiger partial charge is 0.317 e. The number of hydrogen-bond acceptors (Lipinski definition) is 21. The molecule has 0 aliphatic carbocycles. The fourth-order valence-electron chi connectivity index (χ4n) is 13.1. The van der Waals surface area contributed by atoms with E-state index in [0.29, 0.717) is 113 Å². The molecule has 27 nitrogen and oxygen atoms in total. The number of amides is 6. The summed E-state index contributed by atoms with van der Waals surface area (Å²) >= 11 is 4.38. The van der Waals surface area contributed by atoms with Gasteiger partial charge in [-0.25, -0.2) is 0 Å². The standard InChI is InChI=1S/C71H104N10O17S3.Lu/c1-4-5-7-15-55(84)36-53-45-100-43-51-32-50(42-99-31-12-16-56(85)39-77-25-23-76(38-47(2)82)24-27-78(40-63(88)89)29-30-79(28-26-77)41-64(90)91)33-52(34-51)44-101-46-54(71(97)98)37-61(86)58(35-49-13-8-6-9-14-49)74-66(92)57(19-20-62(72)87)73-68(94)65(48(3)83)75-67(93)59-17-10-21-80(59)70(96)60-18-11-22-81(60)69(53)95;/h6,8-9,13-14,32-34,48,53-54,57-60,65,82-83H,2,4-5,7,10-12,15-31,35-46H2,1,3H3,(H2,72,87)(H,73,94)(H,74,92)(H,75,93)(H,88,89)(H,90,91)(H,97,98);/t48-,53+,54+,57+,58+,59+,60+,65+;/m1./s1. The van der Waals surface area contributed by atoms with Crippen molar-refractivity contribution in [1.82, 2.24) is 45.3 Å². The van der Waals surface area contributed by atoms with Crippen LogP contribution in [0.5, 0.6) is 0 Å². The van der Waals surface area contributed by atoms with Gasteiger partial charge in [-0.2, -0.15) is 35.3 Å². The molecule has 0 saturated carbocycles. The second kappa shape index (κ2) is 45.6. The van der Waals surface area contributed by atoms with Crippen LogP contribution in [0.1, 0.15) is 126 Å². The molecule has 4 aliphatic rings. The van der Waals surface area contributed by atoms with E-state index >= 15 is 0 Å². The van der Waals surface area contributed by atoms with Crippen LogP contribution in [0.3, 0.4) is 0 Å². The number of nitrogens with two attached hydrogens (primary N) is 1. The summed E-state index contributed by atoms with van der Waals surface area (Å²) < 4.78 is 0. The summed E-state index contributed by atoms with van der Waals surface area (Å²) in [5.41, 5.74) is 8.81. The summed E-state index contributed by atoms with van der Waals surface area (Å²) in [5, 5.41) is 58.9. The Hall–Kier alpha value is -5.70. The molecule has 0 spiro atoms. The van der Waals surface area contributed by atoms with Gasteiger partial charge in [0.2, 0.25) is 35.4 Å². The molecule has 10 N–H and O–H groups in total. The number of aliphatic hydroxyl groups is 2. The Balaban J connectivity index is 0.0000187. The largest absolute Gasteiger partial charge is 0.512 e. The molecule has 4 heterocycles. The summed E-state index contributed by atoms with van der Waals surface area (Å²) in [6.07, 6.45) is 1.91. The normalized spacial score (nSPS) is 23.3. The number of nitrogens with zero attached hydrogens (tertiary/aromatic N) is 6. The van der Waals surface area contributed by atoms with Gasteiger partial charge in [0, 0.05) is 163 Å². The number of hydrogen-bond donors (Lipinski definition) is 9. The Morgan fingerprint density at radius 2 is 1.18 bits per heavy atom. The van der Waals surface area contributed by atoms with Gasteiger partial charge in [-0.15, -0.1) is 0 Å². The molecule has 102 heavy (non-hydrogen) atoms. The molecule has 3 fully saturated rings. The number of rotatable bonds is 27. The second-order valence-electron chi connectivity index (χ2n) is 26.9. The number of nitrogens with one attached hydrogen (secondary N) is 3. The number of carboxylic acids is 3. The molecule has 2 bridgehead atoms. The minimum absolute atomic E-state index is 0. The third-order valence-corrected chi connectivity index (χ3v) is 21.9. The van der Waals surface area contributed by atoms with Crippen molar-refractivity contribution in [1.29, 1.82) is 0 Å². The number of benzene rings is 2. The first-order valence-electron chi connectivity index (χ1n) is 35.1. The topological polar surface area (TPSA) is 388 Å². The Morgan fingerprint density at radius 1 is 0.627 bits per heavy atom. The zero-order chi connectivity index (χ0) is 73.5. The molecule has 0 unspecified atom stereocenters. The number of fused-ring (bicyclic) bond motifs is 4. The molecule has 1 radical (unpaired) electrons. The Bertz CT molecular complexity index is 3140. The maximum absolute atomic E-state index is 15.0. The molecule has 573 valence electrons. The van der Waals surface area contributed by atoms with Gasteiger partial charge in [0.05, 0.1) is 55.9 Å². The summed E-state index contributed by atoms with van der Waals surface area (Å²) in [6, 6.07) is 8.12. The van der Waals surface area contributed by atoms with Gasteiger partial charge >= 0.3 is 17.9 Å². The first-order chi connectivity index (χ1) is 48.3. The van der Waals surface area contributed by atoms with Gasteiger partial charge < -0.3 is 57.0 Å². The third-order valence-electron chi connectivity index (χ3n) is 18.5. The van der Waals surface area contributed by atoms with Gasteiger partial charge in [-0.1, -0.05) is 74.9 Å². The average molecular weight is 1640 g/mol. The fourth-order valence-corrected chi connectivity index (χ4v) is 16.1. The Labute approximate surface area is 639 Å². The number of unbranched alkanes of at least 4 members (excludes halogenated alkanes) is 2. The van der Waals surface area contributed by atoms with Crippen LogP contribution in [0.25, 0.3) is 0 Å². The zero-order valence-corrected chi connectivity index (χ0v) is 62.7. The number of thioether (sulfide) groups is 3. The SMILES string of the molecule is C=C(O)CN1CCN(CC(=O)O)CCN(CC(=O)O)CCN(CC(=O)CCCSCc2cc3cc(c2)CSC[C@H](CC(=O)CCCCC)C(=O)N2CCC[C@H]2C(=O)N2CCC[C@H]2C(=O)N[C@@H]([C@@H](C)O)C(=O)N[C@@H](CCC(N)=O)C(=O)N[C@@H](Cc2ccccc2)C(=O)C[C@H](C(=O)O)CSC3)CC1.[Lu]. The summed E-state index contributed by atoms with van der Waals surface area (Å²) in [6.45, 7) is 9.98. The number of carboxylic acid groups (broad SMARTS) is 3. The monoisotopic (exact) mass is 1640 g/mol. The van der Waals surface area contributed by atoms with Crippen LogP contribution in [0.2, 0.25) is 0 Å². The van der Waals surface area contributed by atoms with Crippen LogP contribution in [0, 0.1) is 48.7 Å². The number of carbonyl (C=O) groups is 12. The zero-order valence-electron chi connectivity index (χ0n) is 58.6. The molecule has 4 aliphatic heterocycles. The third kappa shape index (κ3) is 30.4. The number of Topliss-reactive ketones (excluding diaryl/α,β-unsaturated/α-hetero) is 3. The van der Waals surface area contributed by atoms with E-state index in [0.717, 1.165) is 29.5 Å². The minimum atomic E-state index is -1.69. The average Bonchev–Trinajstić information content (AvgIpc) is 1.63. The van der Waals surface area contributed by atoms with Crippen LogP contribution in [-0.2, 0) is 81.2 Å². The molecule has 2 aromatic carbocycles. The van der Waals surface area contributed by atoms with Crippen molar-refractivity contribution in [3.8, 4) is 0 Å². The van der Waals surface area contributed by atoms with Crippen LogP contribution in [0.15, 0.2) is 60.9 Å². The first kappa shape index (κ1) is 86.9. The summed E-state index contributed by atoms with van der Waals surface area (Å²) in [7, 11) is 0. The maximum Gasteiger partial charge on any atom is 0.317 e. The van der Waals surface area contributed by atoms with E-state index in [9.17, 15) is 83.1 Å². The van der Waals surface area contributed by atoms with Crippen molar-refractivity contribution in [2.45, 2.75) is 164 Å². The molecule has 0 aromatic heterocycles. The maximum atomic E-state index is 15.0. The van der Waals surface area contributed by atoms with Gasteiger partial charge in [0.25, 0.3) is 0 Å². The van der Waals surface area contributed by atoms with Gasteiger partial charge in [-0.3, -0.25) is 77.1 Å². The molecule has 31 heteroatoms. The van der Waals surface area contributed by atoms with Crippen molar-refractivity contribution in [2.24, 2.45) is 17.6 Å². The summed E-state index contributed by atoms with van der Waals surface area (Å²) in [4.78, 5) is 174. The van der Waals surface area contributed by atoms with E-state index in [1.807, 2.05) is 28.9 Å². The number of primary amides is 1. The quantitative estimate of drug-likeness (QED) is 0.0457. The number of carbonyl (C=O) groups excluding carboxylic acids is 9. The van der Waals surface area contributed by atoms with E-state index < -0.39 is 114 Å². The molecule has 8 atom stereocenters. The minimum Gasteiger partial charge on any atom is -0.512 e. The van der Waals surface area contributed by atoms with E-state index in [1.54, 1.807) is 51.9 Å². The molecule has 3 saturated heterocycles. The van der Waals surface area contributed by atoms with Crippen LogP contribution < -0.4 is 21.7 Å². The Morgan fingerprint density at radius 3 is 1.74 bits per heavy atom. The van der Waals surface area contributed by atoms with Crippen molar-refractivity contribution >= 4 is 106 Å². The van der Waals surface area contributed by atoms with Crippen LogP contribution in [-0.4, -0.2) is 271 Å². The van der Waals surface area contributed by atoms with Crippen molar-refractivity contribution < 1.29 is 120 Å². The predicted octanol–water partition coefficient (Wildman–Crippen LogP) is 3.35. The predicted molar refractivity (Wildman–Crippen MR) is 385 cm³/mol. The van der Waals surface area contributed by atoms with Gasteiger partial charge in [0.1, 0.15) is 35.7 Å².